The fourth-order valence-electron chi connectivity index (χ4n) is 10.4. The number of ketones is 1. The van der Waals surface area contributed by atoms with Crippen molar-refractivity contribution in [3.05, 3.63) is 244 Å². The number of rotatable bonds is 4. The number of carbonyl (C=O) groups excluding carboxylic acids is 1. The van der Waals surface area contributed by atoms with E-state index in [9.17, 15) is 4.79 Å². The number of fused-ring (bicyclic) bond motifs is 17. The van der Waals surface area contributed by atoms with Crippen molar-refractivity contribution in [3.8, 4) is 33.4 Å². The van der Waals surface area contributed by atoms with E-state index in [0.717, 1.165) is 33.4 Å². The Morgan fingerprint density at radius 2 is 0.788 bits per heavy atom. The molecule has 1 nitrogen and oxygen atoms in total. The van der Waals surface area contributed by atoms with E-state index in [1.807, 2.05) is 24.3 Å². The molecular weight excluding hydrogens is 629 g/mol. The number of carbonyl (C=O) groups is 1. The minimum Gasteiger partial charge on any atom is -0.289 e. The van der Waals surface area contributed by atoms with E-state index in [2.05, 4.69) is 159 Å². The summed E-state index contributed by atoms with van der Waals surface area (Å²) in [4.78, 5) is 14.8. The van der Waals surface area contributed by atoms with Crippen LogP contribution in [-0.4, -0.2) is 5.78 Å². The monoisotopic (exact) mass is 660 g/mol. The molecule has 7 aromatic carbocycles. The summed E-state index contributed by atoms with van der Waals surface area (Å²) in [6.07, 6.45) is 3.95. The topological polar surface area (TPSA) is 17.1 Å². The molecule has 0 bridgehead atoms. The van der Waals surface area contributed by atoms with Crippen LogP contribution >= 0.6 is 0 Å². The number of hydrogen-bond acceptors (Lipinski definition) is 1. The van der Waals surface area contributed by atoms with Gasteiger partial charge in [0.1, 0.15) is 0 Å². The summed E-state index contributed by atoms with van der Waals surface area (Å²) >= 11 is 0. The molecule has 7 aromatic rings. The summed E-state index contributed by atoms with van der Waals surface area (Å²) in [7, 11) is 0. The van der Waals surface area contributed by atoms with Gasteiger partial charge in [-0.3, -0.25) is 4.79 Å². The Labute approximate surface area is 303 Å². The minimum atomic E-state index is -0.587. The molecule has 4 aliphatic rings. The van der Waals surface area contributed by atoms with Gasteiger partial charge in [-0.15, -0.1) is 0 Å². The zero-order valence-corrected chi connectivity index (χ0v) is 28.5. The van der Waals surface area contributed by atoms with Crippen molar-refractivity contribution in [2.24, 2.45) is 0 Å². The van der Waals surface area contributed by atoms with Crippen molar-refractivity contribution in [1.29, 1.82) is 0 Å². The van der Waals surface area contributed by atoms with Gasteiger partial charge in [0.15, 0.2) is 5.78 Å². The van der Waals surface area contributed by atoms with Crippen LogP contribution in [0.3, 0.4) is 0 Å². The third-order valence-corrected chi connectivity index (χ3v) is 12.3. The first kappa shape index (κ1) is 29.2. The first-order chi connectivity index (χ1) is 25.6. The molecule has 1 unspecified atom stereocenters. The van der Waals surface area contributed by atoms with E-state index in [0.29, 0.717) is 11.1 Å². The summed E-state index contributed by atoms with van der Waals surface area (Å²) < 4.78 is 0. The van der Waals surface area contributed by atoms with Crippen LogP contribution in [0.25, 0.3) is 39.0 Å². The largest absolute Gasteiger partial charge is 0.289 e. The summed E-state index contributed by atoms with van der Waals surface area (Å²) in [5, 5.41) is 0. The summed E-state index contributed by atoms with van der Waals surface area (Å²) in [5.74, 6) is 0.0155. The van der Waals surface area contributed by atoms with Gasteiger partial charge in [-0.1, -0.05) is 171 Å². The van der Waals surface area contributed by atoms with Gasteiger partial charge in [0, 0.05) is 11.1 Å². The highest BCUT2D eigenvalue weighted by Crippen LogP contribution is 2.64. The van der Waals surface area contributed by atoms with Crippen LogP contribution in [0.15, 0.2) is 189 Å². The average molecular weight is 661 g/mol. The maximum atomic E-state index is 14.8. The highest BCUT2D eigenvalue weighted by Gasteiger charge is 2.53. The maximum absolute atomic E-state index is 14.8. The van der Waals surface area contributed by atoms with E-state index >= 15 is 0 Å². The number of hydrogen-bond donors (Lipinski definition) is 0. The summed E-state index contributed by atoms with van der Waals surface area (Å²) in [6.45, 7) is 8.56. The maximum Gasteiger partial charge on any atom is 0.193 e. The quantitative estimate of drug-likeness (QED) is 0.172. The van der Waals surface area contributed by atoms with Crippen molar-refractivity contribution in [2.75, 3.05) is 0 Å². The molecule has 11 rings (SSSR count). The van der Waals surface area contributed by atoms with Crippen molar-refractivity contribution in [3.63, 3.8) is 0 Å². The molecule has 2 spiro atoms. The molecule has 0 radical (unpaired) electrons. The summed E-state index contributed by atoms with van der Waals surface area (Å²) in [6, 6.07) is 56.3. The van der Waals surface area contributed by atoms with E-state index in [-0.39, 0.29) is 5.78 Å². The molecule has 0 N–H and O–H groups in total. The molecule has 0 amide bonds. The van der Waals surface area contributed by atoms with Crippen LogP contribution in [-0.2, 0) is 10.8 Å². The lowest BCUT2D eigenvalue weighted by Gasteiger charge is -2.31. The van der Waals surface area contributed by atoms with Gasteiger partial charge >= 0.3 is 0 Å². The fourth-order valence-corrected chi connectivity index (χ4v) is 10.4. The Morgan fingerprint density at radius 3 is 1.33 bits per heavy atom. The van der Waals surface area contributed by atoms with Gasteiger partial charge in [0.2, 0.25) is 0 Å². The van der Waals surface area contributed by atoms with E-state index in [1.54, 1.807) is 0 Å². The zero-order chi connectivity index (χ0) is 34.8. The second-order valence-electron chi connectivity index (χ2n) is 14.3. The lowest BCUT2D eigenvalue weighted by atomic mass is 9.69. The van der Waals surface area contributed by atoms with Crippen LogP contribution in [0.1, 0.15) is 60.4 Å². The lowest BCUT2D eigenvalue weighted by Crippen LogP contribution is -2.27. The highest BCUT2D eigenvalue weighted by atomic mass is 16.1. The Balaban J connectivity index is 1.11. The number of allylic oxidation sites excluding steroid dienone is 4. The normalized spacial score (nSPS) is 17.2. The zero-order valence-electron chi connectivity index (χ0n) is 28.5. The van der Waals surface area contributed by atoms with Crippen molar-refractivity contribution < 1.29 is 4.79 Å². The molecule has 0 aliphatic heterocycles. The predicted octanol–water partition coefficient (Wildman–Crippen LogP) is 11.7. The Morgan fingerprint density at radius 1 is 0.385 bits per heavy atom. The first-order valence-electron chi connectivity index (χ1n) is 18.0. The van der Waals surface area contributed by atoms with Gasteiger partial charge in [-0.05, 0) is 101 Å². The van der Waals surface area contributed by atoms with Crippen molar-refractivity contribution >= 4 is 11.4 Å². The van der Waals surface area contributed by atoms with Crippen LogP contribution in [0.2, 0.25) is 0 Å². The van der Waals surface area contributed by atoms with Gasteiger partial charge in [0.05, 0.1) is 10.8 Å². The lowest BCUT2D eigenvalue weighted by molar-refractivity contribution is 0.103. The van der Waals surface area contributed by atoms with Crippen LogP contribution in [0.4, 0.5) is 0 Å². The van der Waals surface area contributed by atoms with Crippen LogP contribution in [0, 0.1) is 0 Å². The Hall–Kier alpha value is -6.57. The fraction of sp³-hybridized carbons (Fsp3) is 0.0392. The molecule has 52 heavy (non-hydrogen) atoms. The van der Waals surface area contributed by atoms with Crippen molar-refractivity contribution in [1.82, 2.24) is 0 Å². The molecule has 0 saturated carbocycles. The van der Waals surface area contributed by atoms with Gasteiger partial charge in [0.25, 0.3) is 0 Å². The minimum absolute atomic E-state index is 0.0155. The third-order valence-electron chi connectivity index (χ3n) is 12.3. The molecule has 4 aliphatic carbocycles. The SMILES string of the molecule is C=CC1=C(C=C)C2(c3ccccc31)c1ccccc1-c1ccc(C(=O)c3ccc4c(c3)-c3ccccc3C43c4ccccc4-c4ccccc43)cc12. The molecule has 242 valence electrons. The van der Waals surface area contributed by atoms with Gasteiger partial charge < -0.3 is 0 Å². The molecule has 0 saturated heterocycles. The predicted molar refractivity (Wildman–Crippen MR) is 212 cm³/mol. The second kappa shape index (κ2) is 10.2. The van der Waals surface area contributed by atoms with E-state index < -0.39 is 10.8 Å². The smallest absolute Gasteiger partial charge is 0.193 e. The molecular formula is C51H32O. The van der Waals surface area contributed by atoms with E-state index in [4.69, 9.17) is 0 Å². The van der Waals surface area contributed by atoms with Crippen LogP contribution < -0.4 is 0 Å². The third kappa shape index (κ3) is 3.28. The standard InChI is InChI=1S/C51H32O/c1-3-33-34-15-5-10-20-42(34)50(41(33)4-2)43-21-11-8-18-37(43)39-27-25-32(30-48(39)50)49(52)31-26-28-47-40(29-31)38-19-9-14-24-46(38)51(47)44-22-12-6-16-35(44)36-17-7-13-23-45(36)51/h3-30H,1-2H2. The highest BCUT2D eigenvalue weighted by molar-refractivity contribution is 6.11. The van der Waals surface area contributed by atoms with E-state index in [1.165, 1.54) is 55.6 Å². The molecule has 0 fully saturated rings. The van der Waals surface area contributed by atoms with Gasteiger partial charge in [-0.2, -0.15) is 0 Å². The molecule has 0 aromatic heterocycles. The van der Waals surface area contributed by atoms with Crippen LogP contribution in [0.5, 0.6) is 0 Å². The second-order valence-corrected chi connectivity index (χ2v) is 14.3. The Bertz CT molecular complexity index is 2760. The molecule has 1 atom stereocenters. The molecule has 1 heteroatoms. The summed E-state index contributed by atoms with van der Waals surface area (Å²) in [5.41, 5.74) is 19.5. The first-order valence-corrected chi connectivity index (χ1v) is 18.0. The average Bonchev–Trinajstić information content (AvgIpc) is 3.88. The molecule has 0 heterocycles. The van der Waals surface area contributed by atoms with Crippen molar-refractivity contribution in [2.45, 2.75) is 10.8 Å². The van der Waals surface area contributed by atoms with Gasteiger partial charge in [-0.25, -0.2) is 0 Å². The Kier molecular flexibility index (Phi) is 5.75. The number of benzene rings is 7.